The number of carbonyl (C=O) groups excluding carboxylic acids is 2. The summed E-state index contributed by atoms with van der Waals surface area (Å²) in [5, 5.41) is 9.28. The lowest BCUT2D eigenvalue weighted by Crippen LogP contribution is -2.28. The lowest BCUT2D eigenvalue weighted by molar-refractivity contribution is -0.154. The third-order valence-corrected chi connectivity index (χ3v) is 5.83. The number of ether oxygens (including phenoxy) is 2. The fraction of sp³-hybridized carbons (Fsp3) is 0.280. The maximum atomic E-state index is 13.4. The normalized spacial score (nSPS) is 16.5. The first-order valence-corrected chi connectivity index (χ1v) is 11.1. The fourth-order valence-corrected chi connectivity index (χ4v) is 4.01. The monoisotopic (exact) mass is 518 g/mol. The zero-order valence-electron chi connectivity index (χ0n) is 19.4. The molecule has 0 saturated carbocycles. The number of amides is 1. The van der Waals surface area contributed by atoms with Gasteiger partial charge in [-0.05, 0) is 29.7 Å². The molecule has 2 aromatic carbocycles. The topological polar surface area (TPSA) is 126 Å². The summed E-state index contributed by atoms with van der Waals surface area (Å²) in [6, 6.07) is 10.8. The van der Waals surface area contributed by atoms with Gasteiger partial charge in [0.05, 0.1) is 24.4 Å². The number of nitrogens with one attached hydrogen (secondary N) is 1. The Kier molecular flexibility index (Phi) is 6.92. The summed E-state index contributed by atoms with van der Waals surface area (Å²) in [7, 11) is 0. The van der Waals surface area contributed by atoms with Crippen LogP contribution in [0.25, 0.3) is 22.0 Å². The van der Waals surface area contributed by atoms with Gasteiger partial charge in [-0.15, -0.1) is 0 Å². The average molecular weight is 518 g/mol. The molecule has 12 heteroatoms. The predicted molar refractivity (Wildman–Crippen MR) is 125 cm³/mol. The number of carboxylic acids is 1. The number of alkyl halides is 3. The first kappa shape index (κ1) is 25.7. The Hall–Kier alpha value is -4.35. The van der Waals surface area contributed by atoms with E-state index >= 15 is 0 Å². The maximum Gasteiger partial charge on any atom is 0.417 e. The standard InChI is InChI=1S/C25H21F3N2O7/c1-13(8-21(31)32)23(34)36-12-16-11-30(24(35)37-16)15-7-6-14-9-20(29-22(33)18(14)10-15)17-4-2-3-5-19(17)25(26,27)28/h2-7,9-10,13,16H,8,11-12H2,1H3,(H,29,33)(H,31,32)/t13?,16-/m1/s1. The summed E-state index contributed by atoms with van der Waals surface area (Å²) in [6.45, 7) is 1.13. The minimum Gasteiger partial charge on any atom is -0.481 e. The molecule has 0 aliphatic carbocycles. The molecule has 37 heavy (non-hydrogen) atoms. The number of nitrogens with zero attached hydrogens (tertiary/aromatic N) is 1. The van der Waals surface area contributed by atoms with Gasteiger partial charge >= 0.3 is 24.2 Å². The molecule has 2 N–H and O–H groups in total. The molecular formula is C25H21F3N2O7. The van der Waals surface area contributed by atoms with Gasteiger partial charge < -0.3 is 19.6 Å². The summed E-state index contributed by atoms with van der Waals surface area (Å²) in [5.41, 5.74) is -1.39. The number of carboxylic acid groups (broad SMARTS) is 1. The summed E-state index contributed by atoms with van der Waals surface area (Å²) < 4.78 is 50.6. The highest BCUT2D eigenvalue weighted by molar-refractivity contribution is 5.95. The lowest BCUT2D eigenvalue weighted by Gasteiger charge is -2.15. The quantitative estimate of drug-likeness (QED) is 0.449. The third-order valence-electron chi connectivity index (χ3n) is 5.83. The van der Waals surface area contributed by atoms with E-state index in [1.165, 1.54) is 54.3 Å². The first-order valence-electron chi connectivity index (χ1n) is 11.1. The van der Waals surface area contributed by atoms with Crippen molar-refractivity contribution in [2.75, 3.05) is 18.1 Å². The number of pyridine rings is 1. The minimum absolute atomic E-state index is 0.000121. The van der Waals surface area contributed by atoms with Gasteiger partial charge in [0.25, 0.3) is 5.56 Å². The van der Waals surface area contributed by atoms with Crippen LogP contribution in [0.4, 0.5) is 23.7 Å². The smallest absolute Gasteiger partial charge is 0.417 e. The fourth-order valence-electron chi connectivity index (χ4n) is 4.01. The molecule has 1 aliphatic rings. The average Bonchev–Trinajstić information content (AvgIpc) is 3.21. The molecule has 1 unspecified atom stereocenters. The van der Waals surface area contributed by atoms with Gasteiger partial charge in [0.15, 0.2) is 6.10 Å². The van der Waals surface area contributed by atoms with Crippen molar-refractivity contribution >= 4 is 34.5 Å². The Labute approximate surface area is 207 Å². The van der Waals surface area contributed by atoms with Crippen LogP contribution in [0.15, 0.2) is 53.3 Å². The second kappa shape index (κ2) is 9.96. The van der Waals surface area contributed by atoms with E-state index in [2.05, 4.69) is 4.98 Å². The van der Waals surface area contributed by atoms with Crippen LogP contribution >= 0.6 is 0 Å². The Balaban J connectivity index is 1.54. The van der Waals surface area contributed by atoms with Crippen molar-refractivity contribution in [3.8, 4) is 11.3 Å². The zero-order valence-corrected chi connectivity index (χ0v) is 19.4. The van der Waals surface area contributed by atoms with Gasteiger partial charge in [-0.1, -0.05) is 31.2 Å². The Bertz CT molecular complexity index is 1430. The van der Waals surface area contributed by atoms with Crippen molar-refractivity contribution < 1.29 is 42.1 Å². The van der Waals surface area contributed by atoms with E-state index in [0.717, 1.165) is 6.07 Å². The molecule has 0 bridgehead atoms. The molecule has 1 fully saturated rings. The van der Waals surface area contributed by atoms with Crippen molar-refractivity contribution in [3.63, 3.8) is 0 Å². The molecule has 4 rings (SSSR count). The molecule has 1 saturated heterocycles. The number of halogens is 3. The molecule has 1 amide bonds. The molecule has 2 atom stereocenters. The molecule has 0 radical (unpaired) electrons. The van der Waals surface area contributed by atoms with Crippen LogP contribution in [0.2, 0.25) is 0 Å². The van der Waals surface area contributed by atoms with Gasteiger partial charge in [0.1, 0.15) is 6.61 Å². The number of anilines is 1. The van der Waals surface area contributed by atoms with Crippen LogP contribution < -0.4 is 10.5 Å². The molecule has 0 spiro atoms. The van der Waals surface area contributed by atoms with Crippen LogP contribution in [-0.4, -0.2) is 47.4 Å². The highest BCUT2D eigenvalue weighted by Crippen LogP contribution is 2.36. The van der Waals surface area contributed by atoms with Crippen molar-refractivity contribution in [2.45, 2.75) is 25.6 Å². The summed E-state index contributed by atoms with van der Waals surface area (Å²) in [5.74, 6) is -2.76. The molecule has 9 nitrogen and oxygen atoms in total. The molecule has 2 heterocycles. The molecular weight excluding hydrogens is 497 g/mol. The van der Waals surface area contributed by atoms with Crippen molar-refractivity contribution in [3.05, 3.63) is 64.4 Å². The van der Waals surface area contributed by atoms with E-state index in [9.17, 15) is 32.3 Å². The first-order chi connectivity index (χ1) is 17.4. The van der Waals surface area contributed by atoms with Crippen molar-refractivity contribution in [1.82, 2.24) is 4.98 Å². The van der Waals surface area contributed by atoms with E-state index in [1.807, 2.05) is 0 Å². The highest BCUT2D eigenvalue weighted by atomic mass is 19.4. The maximum absolute atomic E-state index is 13.4. The number of aromatic nitrogens is 1. The number of hydrogen-bond acceptors (Lipinski definition) is 6. The SMILES string of the molecule is CC(CC(=O)O)C(=O)OC[C@H]1CN(c2ccc3cc(-c4ccccc4C(F)(F)F)[nH]c(=O)c3c2)C(=O)O1. The lowest BCUT2D eigenvalue weighted by atomic mass is 10.0. The highest BCUT2D eigenvalue weighted by Gasteiger charge is 2.35. The van der Waals surface area contributed by atoms with Gasteiger partial charge in [-0.25, -0.2) is 4.79 Å². The third kappa shape index (κ3) is 5.57. The molecule has 194 valence electrons. The zero-order chi connectivity index (χ0) is 26.9. The summed E-state index contributed by atoms with van der Waals surface area (Å²) >= 11 is 0. The number of esters is 1. The number of hydrogen-bond donors (Lipinski definition) is 2. The van der Waals surface area contributed by atoms with Crippen molar-refractivity contribution in [2.24, 2.45) is 5.92 Å². The van der Waals surface area contributed by atoms with Gasteiger partial charge in [0.2, 0.25) is 0 Å². The molecule has 1 aromatic heterocycles. The minimum atomic E-state index is -4.61. The van der Waals surface area contributed by atoms with Gasteiger partial charge in [-0.2, -0.15) is 13.2 Å². The van der Waals surface area contributed by atoms with E-state index in [1.54, 1.807) is 0 Å². The summed E-state index contributed by atoms with van der Waals surface area (Å²) in [4.78, 5) is 51.5. The number of rotatable bonds is 7. The number of H-pyrrole nitrogens is 1. The van der Waals surface area contributed by atoms with Crippen LogP contribution in [0.1, 0.15) is 18.9 Å². The number of cyclic esters (lactones) is 1. The van der Waals surface area contributed by atoms with Crippen LogP contribution in [0.5, 0.6) is 0 Å². The number of aliphatic carboxylic acids is 1. The number of aromatic amines is 1. The summed E-state index contributed by atoms with van der Waals surface area (Å²) in [6.07, 6.45) is -6.57. The molecule has 3 aromatic rings. The Morgan fingerprint density at radius 2 is 1.92 bits per heavy atom. The largest absolute Gasteiger partial charge is 0.481 e. The number of fused-ring (bicyclic) bond motifs is 1. The number of benzene rings is 2. The van der Waals surface area contributed by atoms with E-state index in [4.69, 9.17) is 14.6 Å². The van der Waals surface area contributed by atoms with Crippen LogP contribution in [0, 0.1) is 5.92 Å². The van der Waals surface area contributed by atoms with Gasteiger partial charge in [0, 0.05) is 22.3 Å². The predicted octanol–water partition coefficient (Wildman–Crippen LogP) is 4.19. The van der Waals surface area contributed by atoms with Gasteiger partial charge in [-0.3, -0.25) is 19.3 Å². The Morgan fingerprint density at radius 3 is 2.62 bits per heavy atom. The second-order valence-corrected chi connectivity index (χ2v) is 8.57. The Morgan fingerprint density at radius 1 is 1.19 bits per heavy atom. The van der Waals surface area contributed by atoms with E-state index < -0.39 is 53.8 Å². The van der Waals surface area contributed by atoms with Crippen LogP contribution in [-0.2, 0) is 25.2 Å². The van der Waals surface area contributed by atoms with Crippen molar-refractivity contribution in [1.29, 1.82) is 0 Å². The second-order valence-electron chi connectivity index (χ2n) is 8.57. The molecule has 1 aliphatic heterocycles. The van der Waals surface area contributed by atoms with E-state index in [-0.39, 0.29) is 29.8 Å². The number of carbonyl (C=O) groups is 3. The van der Waals surface area contributed by atoms with E-state index in [0.29, 0.717) is 11.1 Å². The van der Waals surface area contributed by atoms with Crippen LogP contribution in [0.3, 0.4) is 0 Å².